The minimum Gasteiger partial charge on any atom is -0.309 e. The van der Waals surface area contributed by atoms with E-state index in [9.17, 15) is 0 Å². The van der Waals surface area contributed by atoms with Gasteiger partial charge in [-0.3, -0.25) is 0 Å². The largest absolute Gasteiger partial charge is 0.309 e. The molecular weight excluding hydrogens is 530 g/mol. The smallest absolute Gasteiger partial charge is 0.0625 e. The highest BCUT2D eigenvalue weighted by Gasteiger charge is 2.36. The second-order valence-corrected chi connectivity index (χ2v) is 12.9. The molecule has 44 heavy (non-hydrogen) atoms. The average Bonchev–Trinajstić information content (AvgIpc) is 3.52. The molecule has 10 rings (SSSR count). The molecule has 0 radical (unpaired) electrons. The van der Waals surface area contributed by atoms with E-state index in [-0.39, 0.29) is 5.41 Å². The lowest BCUT2D eigenvalue weighted by Gasteiger charge is -2.21. The van der Waals surface area contributed by atoms with Crippen molar-refractivity contribution < 1.29 is 0 Å². The van der Waals surface area contributed by atoms with Crippen molar-refractivity contribution in [2.75, 3.05) is 0 Å². The van der Waals surface area contributed by atoms with Gasteiger partial charge in [0.15, 0.2) is 0 Å². The summed E-state index contributed by atoms with van der Waals surface area (Å²) >= 11 is 0. The summed E-state index contributed by atoms with van der Waals surface area (Å²) in [7, 11) is 0. The zero-order valence-electron chi connectivity index (χ0n) is 24.7. The first-order valence-corrected chi connectivity index (χ1v) is 15.5. The van der Waals surface area contributed by atoms with Crippen LogP contribution in [-0.4, -0.2) is 4.57 Å². The van der Waals surface area contributed by atoms with Crippen LogP contribution in [0.1, 0.15) is 25.0 Å². The fourth-order valence-corrected chi connectivity index (χ4v) is 8.35. The SMILES string of the molecule is CC1(C)c2ccccc2-c2cc3c4ccc5c6c7ccccc7ccc6c6ccccc6c5c4n(-c4ccccc4)c3cc21. The van der Waals surface area contributed by atoms with Crippen LogP contribution in [0.4, 0.5) is 0 Å². The molecule has 1 aliphatic carbocycles. The molecule has 1 heterocycles. The van der Waals surface area contributed by atoms with Gasteiger partial charge in [0.05, 0.1) is 11.0 Å². The Morgan fingerprint density at radius 1 is 0.432 bits per heavy atom. The molecule has 1 aliphatic rings. The van der Waals surface area contributed by atoms with Crippen molar-refractivity contribution in [2.45, 2.75) is 19.3 Å². The van der Waals surface area contributed by atoms with Crippen LogP contribution in [0.25, 0.3) is 81.7 Å². The number of fused-ring (bicyclic) bond motifs is 15. The third kappa shape index (κ3) is 2.94. The Balaban J connectivity index is 1.49. The Kier molecular flexibility index (Phi) is 4.58. The van der Waals surface area contributed by atoms with Gasteiger partial charge in [0.25, 0.3) is 0 Å². The molecule has 0 bridgehead atoms. The third-order valence-corrected chi connectivity index (χ3v) is 10.3. The Labute approximate surface area is 255 Å². The Bertz CT molecular complexity index is 2670. The van der Waals surface area contributed by atoms with E-state index >= 15 is 0 Å². The highest BCUT2D eigenvalue weighted by atomic mass is 15.0. The number of rotatable bonds is 1. The summed E-state index contributed by atoms with van der Waals surface area (Å²) in [6, 6.07) is 52.0. The van der Waals surface area contributed by atoms with Crippen molar-refractivity contribution >= 4 is 64.9 Å². The first kappa shape index (κ1) is 24.1. The zero-order chi connectivity index (χ0) is 29.2. The predicted molar refractivity (Wildman–Crippen MR) is 188 cm³/mol. The molecule has 0 aliphatic heterocycles. The molecule has 0 saturated carbocycles. The van der Waals surface area contributed by atoms with Gasteiger partial charge in [0.2, 0.25) is 0 Å². The van der Waals surface area contributed by atoms with Gasteiger partial charge in [0, 0.05) is 27.3 Å². The maximum absolute atomic E-state index is 2.54. The predicted octanol–water partition coefficient (Wildman–Crippen LogP) is 11.7. The highest BCUT2D eigenvalue weighted by molar-refractivity contribution is 6.37. The molecule has 0 fully saturated rings. The van der Waals surface area contributed by atoms with Gasteiger partial charge in [0.1, 0.15) is 0 Å². The van der Waals surface area contributed by atoms with E-state index in [0.29, 0.717) is 0 Å². The van der Waals surface area contributed by atoms with Crippen LogP contribution in [0.5, 0.6) is 0 Å². The monoisotopic (exact) mass is 559 g/mol. The summed E-state index contributed by atoms with van der Waals surface area (Å²) in [4.78, 5) is 0. The second-order valence-electron chi connectivity index (χ2n) is 12.9. The summed E-state index contributed by atoms with van der Waals surface area (Å²) in [5.41, 5.74) is 9.20. The molecule has 1 aromatic heterocycles. The fraction of sp³-hybridized carbons (Fsp3) is 0.0698. The van der Waals surface area contributed by atoms with Crippen LogP contribution >= 0.6 is 0 Å². The van der Waals surface area contributed by atoms with E-state index in [2.05, 4.69) is 158 Å². The summed E-state index contributed by atoms with van der Waals surface area (Å²) in [5.74, 6) is 0. The number of para-hydroxylation sites is 1. The van der Waals surface area contributed by atoms with Gasteiger partial charge in [-0.2, -0.15) is 0 Å². The molecule has 9 aromatic rings. The van der Waals surface area contributed by atoms with Crippen molar-refractivity contribution in [3.05, 3.63) is 151 Å². The topological polar surface area (TPSA) is 4.93 Å². The van der Waals surface area contributed by atoms with E-state index in [1.165, 1.54) is 92.8 Å². The average molecular weight is 560 g/mol. The van der Waals surface area contributed by atoms with Gasteiger partial charge < -0.3 is 4.57 Å². The van der Waals surface area contributed by atoms with E-state index in [1.807, 2.05) is 0 Å². The zero-order valence-corrected chi connectivity index (χ0v) is 24.7. The van der Waals surface area contributed by atoms with Gasteiger partial charge in [-0.15, -0.1) is 0 Å². The Hall–Kier alpha value is -5.40. The fourth-order valence-electron chi connectivity index (χ4n) is 8.35. The molecule has 0 amide bonds. The molecule has 0 atom stereocenters. The number of hydrogen-bond donors (Lipinski definition) is 0. The molecular formula is C43H29N. The summed E-state index contributed by atoms with van der Waals surface area (Å²) in [6.45, 7) is 4.75. The van der Waals surface area contributed by atoms with Gasteiger partial charge in [-0.1, -0.05) is 129 Å². The standard InChI is InChI=1S/C43H29N/c1-43(2)37-19-11-10-17-30(37)35-24-36-33-22-23-34-40-28-15-7-6-12-26(28)20-21-32(40)29-16-8-9-18-31(29)41(34)42(33)44(39(36)25-38(35)43)27-13-4-3-5-14-27/h3-25H,1-2H3. The van der Waals surface area contributed by atoms with Gasteiger partial charge >= 0.3 is 0 Å². The lowest BCUT2D eigenvalue weighted by Crippen LogP contribution is -2.14. The van der Waals surface area contributed by atoms with Crippen LogP contribution in [0.3, 0.4) is 0 Å². The van der Waals surface area contributed by atoms with E-state index in [4.69, 9.17) is 0 Å². The first-order valence-electron chi connectivity index (χ1n) is 15.5. The number of aromatic nitrogens is 1. The minimum absolute atomic E-state index is 0.0675. The van der Waals surface area contributed by atoms with Crippen molar-refractivity contribution in [3.8, 4) is 16.8 Å². The molecule has 0 N–H and O–H groups in total. The van der Waals surface area contributed by atoms with Crippen molar-refractivity contribution in [3.63, 3.8) is 0 Å². The van der Waals surface area contributed by atoms with E-state index in [1.54, 1.807) is 0 Å². The van der Waals surface area contributed by atoms with Crippen molar-refractivity contribution in [1.82, 2.24) is 4.57 Å². The van der Waals surface area contributed by atoms with Gasteiger partial charge in [-0.25, -0.2) is 0 Å². The van der Waals surface area contributed by atoms with Gasteiger partial charge in [-0.05, 0) is 84.2 Å². The van der Waals surface area contributed by atoms with Crippen LogP contribution < -0.4 is 0 Å². The number of nitrogens with zero attached hydrogens (tertiary/aromatic N) is 1. The third-order valence-electron chi connectivity index (χ3n) is 10.3. The normalized spacial score (nSPS) is 13.9. The Morgan fingerprint density at radius 3 is 1.95 bits per heavy atom. The molecule has 206 valence electrons. The second kappa shape index (κ2) is 8.36. The number of benzene rings is 8. The molecule has 1 nitrogen and oxygen atoms in total. The minimum atomic E-state index is -0.0675. The molecule has 0 saturated heterocycles. The summed E-state index contributed by atoms with van der Waals surface area (Å²) in [5, 5.41) is 13.1. The molecule has 8 aromatic carbocycles. The van der Waals surface area contributed by atoms with E-state index < -0.39 is 0 Å². The van der Waals surface area contributed by atoms with Crippen LogP contribution in [0.2, 0.25) is 0 Å². The highest BCUT2D eigenvalue weighted by Crippen LogP contribution is 2.52. The summed E-state index contributed by atoms with van der Waals surface area (Å²) < 4.78 is 2.54. The number of hydrogen-bond acceptors (Lipinski definition) is 0. The van der Waals surface area contributed by atoms with Crippen LogP contribution in [-0.2, 0) is 5.41 Å². The lowest BCUT2D eigenvalue weighted by molar-refractivity contribution is 0.661. The Morgan fingerprint density at radius 2 is 1.09 bits per heavy atom. The van der Waals surface area contributed by atoms with Crippen LogP contribution in [0, 0.1) is 0 Å². The lowest BCUT2D eigenvalue weighted by atomic mass is 9.82. The molecule has 1 heteroatoms. The maximum atomic E-state index is 2.54. The van der Waals surface area contributed by atoms with E-state index in [0.717, 1.165) is 0 Å². The summed E-state index contributed by atoms with van der Waals surface area (Å²) in [6.07, 6.45) is 0. The maximum Gasteiger partial charge on any atom is 0.0625 e. The molecule has 0 unspecified atom stereocenters. The first-order chi connectivity index (χ1) is 21.6. The van der Waals surface area contributed by atoms with Crippen molar-refractivity contribution in [2.24, 2.45) is 0 Å². The molecule has 0 spiro atoms. The van der Waals surface area contributed by atoms with Crippen LogP contribution in [0.15, 0.2) is 140 Å². The van der Waals surface area contributed by atoms with Crippen molar-refractivity contribution in [1.29, 1.82) is 0 Å². The quantitative estimate of drug-likeness (QED) is 0.176.